The molecule has 1 aliphatic heterocycles. The van der Waals surface area contributed by atoms with E-state index in [2.05, 4.69) is 34.6 Å². The summed E-state index contributed by atoms with van der Waals surface area (Å²) in [5, 5.41) is 5.80. The highest BCUT2D eigenvalue weighted by Gasteiger charge is 2.30. The molecule has 0 unspecified atom stereocenters. The average Bonchev–Trinajstić information content (AvgIpc) is 3.43. The summed E-state index contributed by atoms with van der Waals surface area (Å²) in [6.07, 6.45) is 0.458. The lowest BCUT2D eigenvalue weighted by molar-refractivity contribution is -0.121. The lowest BCUT2D eigenvalue weighted by atomic mass is 10.0. The van der Waals surface area contributed by atoms with Crippen molar-refractivity contribution in [1.82, 2.24) is 4.98 Å². The molecule has 150 valence electrons. The molecule has 2 heterocycles. The number of amides is 3. The molecule has 1 aromatic heterocycles. The zero-order chi connectivity index (χ0) is 21.1. The topological polar surface area (TPSA) is 79.4 Å². The second-order valence-electron chi connectivity index (χ2n) is 7.53. The van der Waals surface area contributed by atoms with E-state index in [0.29, 0.717) is 16.4 Å². The van der Waals surface area contributed by atoms with Gasteiger partial charge in [-0.05, 0) is 35.0 Å². The molecule has 6 rings (SSSR count). The molecule has 1 aliphatic carbocycles. The van der Waals surface area contributed by atoms with Gasteiger partial charge in [0.25, 0.3) is 5.91 Å². The summed E-state index contributed by atoms with van der Waals surface area (Å²) < 4.78 is 0. The summed E-state index contributed by atoms with van der Waals surface area (Å²) in [7, 11) is 0. The molecule has 31 heavy (non-hydrogen) atoms. The molecule has 2 aliphatic rings. The fraction of sp³-hybridized carbons (Fsp3) is 0.0833. The zero-order valence-corrected chi connectivity index (χ0v) is 17.0. The molecule has 4 aromatic rings. The number of carbonyl (C=O) groups excluding carboxylic acids is 3. The number of carbonyl (C=O) groups is 3. The van der Waals surface area contributed by atoms with Gasteiger partial charge in [0.2, 0.25) is 11.8 Å². The van der Waals surface area contributed by atoms with Crippen molar-refractivity contribution in [3.05, 3.63) is 66.2 Å². The number of nitrogens with zero attached hydrogens (tertiary/aromatic N) is 2. The van der Waals surface area contributed by atoms with Crippen molar-refractivity contribution >= 4 is 50.6 Å². The van der Waals surface area contributed by atoms with Crippen molar-refractivity contribution in [2.75, 3.05) is 10.2 Å². The van der Waals surface area contributed by atoms with Gasteiger partial charge in [0.05, 0.1) is 16.3 Å². The van der Waals surface area contributed by atoms with Crippen molar-refractivity contribution in [1.29, 1.82) is 0 Å². The molecular formula is C24H15N3O3S. The third-order valence-electron chi connectivity index (χ3n) is 5.69. The summed E-state index contributed by atoms with van der Waals surface area (Å²) in [5.74, 6) is -0.714. The van der Waals surface area contributed by atoms with Crippen LogP contribution in [0.25, 0.3) is 32.5 Å². The highest BCUT2D eigenvalue weighted by molar-refractivity contribution is 7.20. The highest BCUT2D eigenvalue weighted by atomic mass is 32.1. The SMILES string of the molecule is O=C(Nc1nc2c(s1)-c1cccc3cccc-2c13)c1ccc(N2C(=O)CCC2=O)cc1. The van der Waals surface area contributed by atoms with Crippen molar-refractivity contribution in [2.45, 2.75) is 12.8 Å². The maximum Gasteiger partial charge on any atom is 0.257 e. The van der Waals surface area contributed by atoms with E-state index in [4.69, 9.17) is 0 Å². The minimum absolute atomic E-state index is 0.213. The number of nitrogens with one attached hydrogen (secondary N) is 1. The van der Waals surface area contributed by atoms with E-state index in [1.54, 1.807) is 24.3 Å². The van der Waals surface area contributed by atoms with Gasteiger partial charge in [-0.1, -0.05) is 47.7 Å². The number of aromatic nitrogens is 1. The van der Waals surface area contributed by atoms with Gasteiger partial charge in [-0.3, -0.25) is 24.6 Å². The van der Waals surface area contributed by atoms with Crippen molar-refractivity contribution < 1.29 is 14.4 Å². The first-order valence-electron chi connectivity index (χ1n) is 9.91. The Hall–Kier alpha value is -3.84. The Morgan fingerprint density at radius 1 is 0.903 bits per heavy atom. The van der Waals surface area contributed by atoms with Gasteiger partial charge in [0, 0.05) is 29.5 Å². The maximum atomic E-state index is 12.7. The van der Waals surface area contributed by atoms with Crippen LogP contribution in [-0.4, -0.2) is 22.7 Å². The number of anilines is 2. The maximum absolute atomic E-state index is 12.7. The van der Waals surface area contributed by atoms with Crippen LogP contribution in [0.5, 0.6) is 0 Å². The number of thiazole rings is 1. The third-order valence-corrected chi connectivity index (χ3v) is 6.70. The van der Waals surface area contributed by atoms with Gasteiger partial charge >= 0.3 is 0 Å². The number of hydrogen-bond acceptors (Lipinski definition) is 5. The Kier molecular flexibility index (Phi) is 3.82. The monoisotopic (exact) mass is 425 g/mol. The Balaban J connectivity index is 1.26. The summed E-state index contributed by atoms with van der Waals surface area (Å²) in [6.45, 7) is 0. The number of benzene rings is 3. The second-order valence-corrected chi connectivity index (χ2v) is 8.53. The van der Waals surface area contributed by atoms with Crippen molar-refractivity contribution in [2.24, 2.45) is 0 Å². The van der Waals surface area contributed by atoms with Crippen LogP contribution in [0.2, 0.25) is 0 Å². The molecular weight excluding hydrogens is 410 g/mol. The number of fused-ring (bicyclic) bond motifs is 3. The van der Waals surface area contributed by atoms with Gasteiger partial charge < -0.3 is 0 Å². The molecule has 1 N–H and O–H groups in total. The fourth-order valence-corrected chi connectivity index (χ4v) is 5.27. The zero-order valence-electron chi connectivity index (χ0n) is 16.2. The smallest absolute Gasteiger partial charge is 0.257 e. The molecule has 1 fully saturated rings. The molecule has 1 saturated heterocycles. The fourth-order valence-electron chi connectivity index (χ4n) is 4.26. The predicted octanol–water partition coefficient (Wildman–Crippen LogP) is 4.85. The quantitative estimate of drug-likeness (QED) is 0.419. The largest absolute Gasteiger partial charge is 0.298 e. The standard InChI is InChI=1S/C24H15N3O3S/c28-18-11-12-19(29)27(18)15-9-7-14(8-10-15)23(30)26-24-25-21-16-5-1-3-13-4-2-6-17(20(13)16)22(21)31-24/h1-10H,11-12H2,(H,25,26,30). The van der Waals surface area contributed by atoms with E-state index in [9.17, 15) is 14.4 Å². The van der Waals surface area contributed by atoms with Crippen LogP contribution in [0.4, 0.5) is 10.8 Å². The lowest BCUT2D eigenvalue weighted by Crippen LogP contribution is -2.28. The molecule has 3 aromatic carbocycles. The van der Waals surface area contributed by atoms with E-state index in [1.165, 1.54) is 27.0 Å². The normalized spacial score (nSPS) is 14.4. The average molecular weight is 425 g/mol. The van der Waals surface area contributed by atoms with Crippen LogP contribution in [0.15, 0.2) is 60.7 Å². The number of rotatable bonds is 3. The molecule has 6 nitrogen and oxygen atoms in total. The Labute approximate surface area is 181 Å². The highest BCUT2D eigenvalue weighted by Crippen LogP contribution is 2.50. The van der Waals surface area contributed by atoms with E-state index in [1.807, 2.05) is 12.1 Å². The molecule has 0 bridgehead atoms. The first-order chi connectivity index (χ1) is 15.1. The molecule has 3 amide bonds. The van der Waals surface area contributed by atoms with E-state index >= 15 is 0 Å². The van der Waals surface area contributed by atoms with Crippen molar-refractivity contribution in [3.8, 4) is 21.7 Å². The number of imide groups is 1. The van der Waals surface area contributed by atoms with Crippen LogP contribution < -0.4 is 10.2 Å². The molecule has 0 radical (unpaired) electrons. The number of hydrogen-bond donors (Lipinski definition) is 1. The van der Waals surface area contributed by atoms with Gasteiger partial charge in [-0.2, -0.15) is 0 Å². The second kappa shape index (κ2) is 6.58. The molecule has 7 heteroatoms. The van der Waals surface area contributed by atoms with Crippen LogP contribution in [0.1, 0.15) is 23.2 Å². The Morgan fingerprint density at radius 3 is 2.29 bits per heavy atom. The summed E-state index contributed by atoms with van der Waals surface area (Å²) in [4.78, 5) is 43.4. The molecule has 0 atom stereocenters. The summed E-state index contributed by atoms with van der Waals surface area (Å²) in [6, 6.07) is 18.8. The van der Waals surface area contributed by atoms with Gasteiger partial charge in [-0.15, -0.1) is 0 Å². The van der Waals surface area contributed by atoms with E-state index in [0.717, 1.165) is 21.7 Å². The van der Waals surface area contributed by atoms with Crippen LogP contribution in [0, 0.1) is 0 Å². The van der Waals surface area contributed by atoms with Crippen molar-refractivity contribution in [3.63, 3.8) is 0 Å². The first-order valence-corrected chi connectivity index (χ1v) is 10.7. The lowest BCUT2D eigenvalue weighted by Gasteiger charge is -2.14. The van der Waals surface area contributed by atoms with Crippen LogP contribution in [0.3, 0.4) is 0 Å². The first kappa shape index (κ1) is 18.0. The molecule has 0 saturated carbocycles. The predicted molar refractivity (Wildman–Crippen MR) is 120 cm³/mol. The van der Waals surface area contributed by atoms with Gasteiger partial charge in [-0.25, -0.2) is 4.98 Å². The van der Waals surface area contributed by atoms with Crippen LogP contribution in [-0.2, 0) is 9.59 Å². The molecule has 0 spiro atoms. The van der Waals surface area contributed by atoms with Gasteiger partial charge in [0.15, 0.2) is 5.13 Å². The van der Waals surface area contributed by atoms with Gasteiger partial charge in [0.1, 0.15) is 0 Å². The Bertz CT molecular complexity index is 1350. The minimum atomic E-state index is -0.287. The Morgan fingerprint density at radius 2 is 1.58 bits per heavy atom. The van der Waals surface area contributed by atoms with E-state index < -0.39 is 0 Å². The van der Waals surface area contributed by atoms with E-state index in [-0.39, 0.29) is 30.6 Å². The summed E-state index contributed by atoms with van der Waals surface area (Å²) in [5.41, 5.74) is 4.05. The third kappa shape index (κ3) is 2.70. The minimum Gasteiger partial charge on any atom is -0.298 e. The van der Waals surface area contributed by atoms with Crippen LogP contribution >= 0.6 is 11.3 Å². The summed E-state index contributed by atoms with van der Waals surface area (Å²) >= 11 is 1.46.